The summed E-state index contributed by atoms with van der Waals surface area (Å²) in [5.41, 5.74) is 0. The van der Waals surface area contributed by atoms with E-state index in [1.165, 1.54) is 6.08 Å². The molecular formula is C4H8O2Si. The van der Waals surface area contributed by atoms with Crippen LogP contribution in [0.25, 0.3) is 0 Å². The van der Waals surface area contributed by atoms with Crippen LogP contribution in [0.3, 0.4) is 0 Å². The third-order valence-corrected chi connectivity index (χ3v) is 0.906. The van der Waals surface area contributed by atoms with Crippen LogP contribution in [0, 0.1) is 0 Å². The van der Waals surface area contributed by atoms with E-state index in [-0.39, 0.29) is 5.97 Å². The first-order valence-corrected chi connectivity index (χ1v) is 2.83. The molecule has 0 aromatic rings. The van der Waals surface area contributed by atoms with E-state index in [0.717, 1.165) is 0 Å². The van der Waals surface area contributed by atoms with Gasteiger partial charge in [-0.3, -0.25) is 0 Å². The number of carbonyl (C=O) groups is 1. The van der Waals surface area contributed by atoms with Gasteiger partial charge in [0, 0.05) is 6.08 Å². The molecule has 0 amide bonds. The second kappa shape index (κ2) is 3.61. The number of rotatable bonds is 1. The minimum atomic E-state index is -0.242. The zero-order chi connectivity index (χ0) is 5.70. The van der Waals surface area contributed by atoms with Crippen molar-refractivity contribution in [2.45, 2.75) is 6.92 Å². The van der Waals surface area contributed by atoms with Crippen molar-refractivity contribution in [2.24, 2.45) is 0 Å². The summed E-state index contributed by atoms with van der Waals surface area (Å²) < 4.78 is 4.40. The van der Waals surface area contributed by atoms with Crippen LogP contribution >= 0.6 is 0 Å². The van der Waals surface area contributed by atoms with Crippen molar-refractivity contribution in [3.05, 3.63) is 12.2 Å². The van der Waals surface area contributed by atoms with Crippen LogP contribution in [0.4, 0.5) is 0 Å². The molecule has 0 aromatic carbocycles. The summed E-state index contributed by atoms with van der Waals surface area (Å²) in [4.78, 5) is 10.1. The summed E-state index contributed by atoms with van der Waals surface area (Å²) in [5, 5.41) is 0. The molecule has 0 N–H and O–H groups in total. The average Bonchev–Trinajstić information content (AvgIpc) is 1.68. The predicted molar refractivity (Wildman–Crippen MR) is 30.8 cm³/mol. The van der Waals surface area contributed by atoms with Crippen LogP contribution in [0.2, 0.25) is 0 Å². The molecule has 0 fully saturated rings. The van der Waals surface area contributed by atoms with Gasteiger partial charge in [0.2, 0.25) is 10.5 Å². The maximum absolute atomic E-state index is 10.1. The second-order valence-corrected chi connectivity index (χ2v) is 1.43. The highest BCUT2D eigenvalue weighted by Crippen LogP contribution is 1.72. The summed E-state index contributed by atoms with van der Waals surface area (Å²) in [6.45, 7) is 1.78. The number of carbonyl (C=O) groups excluding carboxylic acids is 1. The smallest absolute Gasteiger partial charge is 0.316 e. The highest BCUT2D eigenvalue weighted by Gasteiger charge is 1.83. The van der Waals surface area contributed by atoms with Crippen LogP contribution < -0.4 is 0 Å². The van der Waals surface area contributed by atoms with Crippen molar-refractivity contribution in [3.8, 4) is 0 Å². The Morgan fingerprint density at radius 3 is 2.57 bits per heavy atom. The van der Waals surface area contributed by atoms with Crippen molar-refractivity contribution in [1.82, 2.24) is 0 Å². The molecule has 0 spiro atoms. The molecule has 2 nitrogen and oxygen atoms in total. The minimum Gasteiger partial charge on any atom is -0.526 e. The zero-order valence-electron chi connectivity index (χ0n) is 4.47. The molecule has 40 valence electrons. The maximum Gasteiger partial charge on any atom is 0.316 e. The Morgan fingerprint density at radius 2 is 2.43 bits per heavy atom. The molecule has 0 saturated heterocycles. The van der Waals surface area contributed by atoms with Crippen LogP contribution in [-0.4, -0.2) is 16.5 Å². The molecule has 0 heterocycles. The van der Waals surface area contributed by atoms with Gasteiger partial charge in [-0.2, -0.15) is 0 Å². The highest BCUT2D eigenvalue weighted by molar-refractivity contribution is 6.07. The van der Waals surface area contributed by atoms with Gasteiger partial charge in [0.05, 0.1) is 0 Å². The van der Waals surface area contributed by atoms with Gasteiger partial charge in [-0.25, -0.2) is 4.79 Å². The Kier molecular flexibility index (Phi) is 3.32. The van der Waals surface area contributed by atoms with E-state index in [1.807, 2.05) is 0 Å². The Morgan fingerprint density at radius 1 is 1.86 bits per heavy atom. The summed E-state index contributed by atoms with van der Waals surface area (Å²) in [7, 11) is 0.486. The molecule has 0 aliphatic carbocycles. The molecule has 0 radical (unpaired) electrons. The molecule has 7 heavy (non-hydrogen) atoms. The lowest BCUT2D eigenvalue weighted by atomic mass is 10.5. The van der Waals surface area contributed by atoms with Gasteiger partial charge in [-0.15, -0.1) is 0 Å². The van der Waals surface area contributed by atoms with Crippen molar-refractivity contribution < 1.29 is 9.22 Å². The van der Waals surface area contributed by atoms with Crippen molar-refractivity contribution in [2.75, 3.05) is 0 Å². The molecule has 0 saturated carbocycles. The summed E-state index contributed by atoms with van der Waals surface area (Å²) in [6.07, 6.45) is 3.05. The van der Waals surface area contributed by atoms with E-state index in [4.69, 9.17) is 0 Å². The summed E-state index contributed by atoms with van der Waals surface area (Å²) in [6, 6.07) is 0. The number of allylic oxidation sites excluding steroid dienone is 1. The Bertz CT molecular complexity index is 87.7. The average molecular weight is 116 g/mol. The summed E-state index contributed by atoms with van der Waals surface area (Å²) >= 11 is 0. The first-order valence-electron chi connectivity index (χ1n) is 2.02. The lowest BCUT2D eigenvalue weighted by Gasteiger charge is -1.86. The van der Waals surface area contributed by atoms with Crippen molar-refractivity contribution in [1.29, 1.82) is 0 Å². The van der Waals surface area contributed by atoms with Crippen molar-refractivity contribution in [3.63, 3.8) is 0 Å². The Balaban J connectivity index is 3.37. The zero-order valence-corrected chi connectivity index (χ0v) is 6.47. The standard InChI is InChI=1S/C4H8O2Si/c1-2-3-4(5)6-7/h2-3H,1,7H3/b3-2+. The van der Waals surface area contributed by atoms with E-state index in [2.05, 4.69) is 4.43 Å². The monoisotopic (exact) mass is 116 g/mol. The lowest BCUT2D eigenvalue weighted by molar-refractivity contribution is -0.128. The van der Waals surface area contributed by atoms with Crippen LogP contribution in [0.5, 0.6) is 0 Å². The second-order valence-electron chi connectivity index (χ2n) is 1.02. The van der Waals surface area contributed by atoms with Gasteiger partial charge >= 0.3 is 5.97 Å². The van der Waals surface area contributed by atoms with E-state index in [0.29, 0.717) is 10.5 Å². The quantitative estimate of drug-likeness (QED) is 0.337. The fourth-order valence-corrected chi connectivity index (χ4v) is 0.340. The van der Waals surface area contributed by atoms with Gasteiger partial charge in [0.25, 0.3) is 0 Å². The fourth-order valence-electron chi connectivity index (χ4n) is 0.204. The highest BCUT2D eigenvalue weighted by atomic mass is 28.2. The largest absolute Gasteiger partial charge is 0.526 e. The lowest BCUT2D eigenvalue weighted by Crippen LogP contribution is -1.94. The van der Waals surface area contributed by atoms with E-state index < -0.39 is 0 Å². The van der Waals surface area contributed by atoms with Crippen molar-refractivity contribution >= 4 is 16.5 Å². The first-order chi connectivity index (χ1) is 3.31. The Labute approximate surface area is 45.7 Å². The molecule has 0 aliphatic heterocycles. The minimum absolute atomic E-state index is 0.242. The molecule has 3 heteroatoms. The normalized spacial score (nSPS) is 9.86. The molecule has 0 atom stereocenters. The van der Waals surface area contributed by atoms with E-state index in [1.54, 1.807) is 13.0 Å². The van der Waals surface area contributed by atoms with E-state index in [9.17, 15) is 4.79 Å². The molecule has 0 unspecified atom stereocenters. The third kappa shape index (κ3) is 3.25. The molecular weight excluding hydrogens is 108 g/mol. The van der Waals surface area contributed by atoms with Crippen LogP contribution in [0.1, 0.15) is 6.92 Å². The van der Waals surface area contributed by atoms with Gasteiger partial charge < -0.3 is 4.43 Å². The first kappa shape index (κ1) is 6.43. The maximum atomic E-state index is 10.1. The van der Waals surface area contributed by atoms with E-state index >= 15 is 0 Å². The van der Waals surface area contributed by atoms with Gasteiger partial charge in [0.1, 0.15) is 0 Å². The van der Waals surface area contributed by atoms with Gasteiger partial charge in [-0.1, -0.05) is 6.08 Å². The predicted octanol–water partition coefficient (Wildman–Crippen LogP) is -0.614. The van der Waals surface area contributed by atoms with Crippen LogP contribution in [-0.2, 0) is 9.22 Å². The number of hydrogen-bond donors (Lipinski definition) is 0. The molecule has 0 bridgehead atoms. The topological polar surface area (TPSA) is 26.3 Å². The van der Waals surface area contributed by atoms with Crippen LogP contribution in [0.15, 0.2) is 12.2 Å². The SMILES string of the molecule is C/C=C/C(=O)O[SiH3]. The Hall–Kier alpha value is -0.573. The fraction of sp³-hybridized carbons (Fsp3) is 0.250. The third-order valence-electron chi connectivity index (χ3n) is 0.504. The number of hydrogen-bond acceptors (Lipinski definition) is 2. The summed E-state index contributed by atoms with van der Waals surface area (Å²) in [5.74, 6) is -0.242. The molecule has 0 aromatic heterocycles. The van der Waals surface area contributed by atoms with Gasteiger partial charge in [0.15, 0.2) is 0 Å². The molecule has 0 aliphatic rings. The molecule has 0 rings (SSSR count). The van der Waals surface area contributed by atoms with Gasteiger partial charge in [-0.05, 0) is 6.92 Å².